The average Bonchev–Trinajstić information content (AvgIpc) is 3.73. The van der Waals surface area contributed by atoms with Gasteiger partial charge in [-0.2, -0.15) is 0 Å². The van der Waals surface area contributed by atoms with Crippen molar-refractivity contribution in [3.05, 3.63) is 65.4 Å². The molecule has 0 radical (unpaired) electrons. The van der Waals surface area contributed by atoms with Crippen LogP contribution in [-0.2, 0) is 13.6 Å². The molecule has 2 aromatic carbocycles. The molecule has 1 saturated carbocycles. The Bertz CT molecular complexity index is 1880. The lowest BCUT2D eigenvalue weighted by Crippen LogP contribution is -2.49. The minimum atomic E-state index is -0.00399. The van der Waals surface area contributed by atoms with Crippen LogP contribution in [0.15, 0.2) is 54.9 Å². The van der Waals surface area contributed by atoms with E-state index in [0.29, 0.717) is 34.7 Å². The van der Waals surface area contributed by atoms with Crippen LogP contribution in [0.25, 0.3) is 33.5 Å². The van der Waals surface area contributed by atoms with Gasteiger partial charge in [-0.05, 0) is 61.2 Å². The van der Waals surface area contributed by atoms with Crippen LogP contribution in [0, 0.1) is 11.8 Å². The first-order valence-electron chi connectivity index (χ1n) is 14.8. The zero-order valence-corrected chi connectivity index (χ0v) is 24.9. The van der Waals surface area contributed by atoms with Crippen LogP contribution in [0.5, 0.6) is 5.75 Å². The molecule has 1 aliphatic carbocycles. The summed E-state index contributed by atoms with van der Waals surface area (Å²) in [6.45, 7) is 3.12. The second-order valence-corrected chi connectivity index (χ2v) is 12.6. The van der Waals surface area contributed by atoms with E-state index in [1.165, 1.54) is 0 Å². The summed E-state index contributed by atoms with van der Waals surface area (Å²) in [5.74, 6) is 2.94. The number of hydrogen-bond acceptors (Lipinski definition) is 7. The highest BCUT2D eigenvalue weighted by molar-refractivity contribution is 6.31. The molecular weight excluding hydrogens is 564 g/mol. The normalized spacial score (nSPS) is 21.7. The van der Waals surface area contributed by atoms with E-state index in [0.717, 1.165) is 71.9 Å². The topological polar surface area (TPSA) is 107 Å². The molecule has 3 aromatic heterocycles. The number of carbonyl (C=O) groups is 1. The number of carbonyl (C=O) groups excluding carboxylic acids is 1. The molecule has 2 aliphatic heterocycles. The first-order valence-corrected chi connectivity index (χ1v) is 15.2. The highest BCUT2D eigenvalue weighted by atomic mass is 35.5. The van der Waals surface area contributed by atoms with E-state index in [1.54, 1.807) is 19.5 Å². The lowest BCUT2D eigenvalue weighted by atomic mass is 10.0. The predicted molar refractivity (Wildman–Crippen MR) is 166 cm³/mol. The fourth-order valence-corrected chi connectivity index (χ4v) is 7.61. The van der Waals surface area contributed by atoms with Crippen molar-refractivity contribution in [3.8, 4) is 17.3 Å². The van der Waals surface area contributed by atoms with Crippen molar-refractivity contribution in [1.82, 2.24) is 29.0 Å². The monoisotopic (exact) mass is 596 g/mol. The summed E-state index contributed by atoms with van der Waals surface area (Å²) in [4.78, 5) is 32.0. The maximum Gasteiger partial charge on any atom is 0.254 e. The first-order chi connectivity index (χ1) is 20.9. The molecule has 220 valence electrons. The number of aryl methyl sites for hydroxylation is 1. The second-order valence-electron chi connectivity index (χ2n) is 12.1. The van der Waals surface area contributed by atoms with Crippen molar-refractivity contribution in [2.75, 3.05) is 31.6 Å². The number of benzene rings is 2. The van der Waals surface area contributed by atoms with Gasteiger partial charge in [0.2, 0.25) is 5.95 Å². The molecule has 3 atom stereocenters. The molecule has 2 bridgehead atoms. The Balaban J connectivity index is 1.22. The fraction of sp³-hybridized carbons (Fsp3) is 0.375. The van der Waals surface area contributed by atoms with E-state index >= 15 is 0 Å². The lowest BCUT2D eigenvalue weighted by molar-refractivity contribution is 0.0700. The molecule has 2 N–H and O–H groups in total. The summed E-state index contributed by atoms with van der Waals surface area (Å²) in [5.41, 5.74) is 10.7. The molecule has 8 rings (SSSR count). The lowest BCUT2D eigenvalue weighted by Gasteiger charge is -2.39. The number of piperidine rings is 1. The van der Waals surface area contributed by atoms with Gasteiger partial charge in [-0.15, -0.1) is 0 Å². The Kier molecular flexibility index (Phi) is 6.13. The van der Waals surface area contributed by atoms with Gasteiger partial charge in [0, 0.05) is 85.1 Å². The van der Waals surface area contributed by atoms with Crippen LogP contribution in [0.1, 0.15) is 23.2 Å². The van der Waals surface area contributed by atoms with Gasteiger partial charge in [-0.1, -0.05) is 11.6 Å². The van der Waals surface area contributed by atoms with Crippen LogP contribution in [0.3, 0.4) is 0 Å². The molecule has 10 nitrogen and oxygen atoms in total. The number of nitrogens with two attached hydrogens (primary N) is 1. The summed E-state index contributed by atoms with van der Waals surface area (Å²) in [6.07, 6.45) is 5.60. The number of amides is 1. The quantitative estimate of drug-likeness (QED) is 0.311. The predicted octanol–water partition coefficient (Wildman–Crippen LogP) is 4.35. The van der Waals surface area contributed by atoms with Crippen molar-refractivity contribution in [1.29, 1.82) is 0 Å². The number of fused-ring (bicyclic) bond motifs is 4. The van der Waals surface area contributed by atoms with Crippen molar-refractivity contribution < 1.29 is 9.53 Å². The number of rotatable bonds is 6. The number of halogens is 1. The van der Waals surface area contributed by atoms with Crippen molar-refractivity contribution >= 4 is 45.4 Å². The Morgan fingerprint density at radius 3 is 2.63 bits per heavy atom. The van der Waals surface area contributed by atoms with E-state index < -0.39 is 0 Å². The van der Waals surface area contributed by atoms with Crippen molar-refractivity contribution in [2.45, 2.75) is 31.5 Å². The van der Waals surface area contributed by atoms with Gasteiger partial charge in [0.25, 0.3) is 5.91 Å². The maximum absolute atomic E-state index is 13.8. The van der Waals surface area contributed by atoms with E-state index in [1.807, 2.05) is 48.3 Å². The Morgan fingerprint density at radius 1 is 1.09 bits per heavy atom. The molecule has 43 heavy (non-hydrogen) atoms. The first kappa shape index (κ1) is 26.5. The number of hydrogen-bond donors (Lipinski definition) is 1. The Morgan fingerprint density at radius 2 is 1.91 bits per heavy atom. The molecule has 5 heterocycles. The summed E-state index contributed by atoms with van der Waals surface area (Å²) in [5, 5.41) is 1.74. The highest BCUT2D eigenvalue weighted by Gasteiger charge is 2.47. The van der Waals surface area contributed by atoms with Crippen molar-refractivity contribution in [2.24, 2.45) is 24.6 Å². The molecule has 1 amide bonds. The van der Waals surface area contributed by atoms with E-state index in [2.05, 4.69) is 30.1 Å². The van der Waals surface area contributed by atoms with Gasteiger partial charge >= 0.3 is 0 Å². The highest BCUT2D eigenvalue weighted by Crippen LogP contribution is 2.40. The van der Waals surface area contributed by atoms with Gasteiger partial charge in [0.1, 0.15) is 11.3 Å². The number of aromatic nitrogens is 5. The third kappa shape index (κ3) is 4.18. The van der Waals surface area contributed by atoms with Crippen LogP contribution >= 0.6 is 11.6 Å². The summed E-state index contributed by atoms with van der Waals surface area (Å²) in [7, 11) is 3.70. The SMILES string of the molecule is COc1cc(C(=O)N2C[C@H]3CC[C@@H]2[C@@H]3N)cc2nc(-c3cc4cc(Cl)ccc4n3C)n(CC3CN(c4ncccn4)C3)c12. The van der Waals surface area contributed by atoms with Crippen LogP contribution in [0.2, 0.25) is 5.02 Å². The number of imidazole rings is 1. The number of anilines is 1. The Labute approximate surface area is 254 Å². The largest absolute Gasteiger partial charge is 0.494 e. The molecule has 3 fully saturated rings. The molecule has 11 heteroatoms. The second kappa shape index (κ2) is 9.96. The number of nitrogens with zero attached hydrogens (tertiary/aromatic N) is 7. The molecule has 3 aliphatic rings. The zero-order chi connectivity index (χ0) is 29.4. The third-order valence-electron chi connectivity index (χ3n) is 9.65. The van der Waals surface area contributed by atoms with Gasteiger partial charge in [-0.25, -0.2) is 15.0 Å². The van der Waals surface area contributed by atoms with Gasteiger partial charge in [0.15, 0.2) is 5.82 Å². The van der Waals surface area contributed by atoms with Crippen LogP contribution in [0.4, 0.5) is 5.95 Å². The molecule has 5 aromatic rings. The molecule has 0 spiro atoms. The summed E-state index contributed by atoms with van der Waals surface area (Å²) >= 11 is 6.35. The molecule has 0 unspecified atom stereocenters. The standard InChI is InChI=1S/C32H33ClN8O2/c1-38-24-7-5-22(33)10-20(24)12-26(38)30-37-23-11-21(31(42)40-17-19-4-6-25(40)28(19)34)13-27(43-2)29(23)41(30)16-18-14-39(15-18)32-35-8-3-9-36-32/h3,5,7-13,18-19,25,28H,4,6,14-17,34H2,1-2H3/t19-,25-,28-/m1/s1. The smallest absolute Gasteiger partial charge is 0.254 e. The van der Waals surface area contributed by atoms with E-state index in [9.17, 15) is 4.79 Å². The summed E-state index contributed by atoms with van der Waals surface area (Å²) < 4.78 is 10.4. The van der Waals surface area contributed by atoms with E-state index in [-0.39, 0.29) is 18.0 Å². The van der Waals surface area contributed by atoms with Crippen LogP contribution in [-0.4, -0.2) is 73.7 Å². The number of ether oxygens (including phenoxy) is 1. The fourth-order valence-electron chi connectivity index (χ4n) is 7.43. The molecular formula is C32H33ClN8O2. The minimum absolute atomic E-state index is 0.00399. The van der Waals surface area contributed by atoms with Gasteiger partial charge < -0.3 is 29.4 Å². The van der Waals surface area contributed by atoms with E-state index in [4.69, 9.17) is 27.1 Å². The number of methoxy groups -OCH3 is 1. The Hall–Kier alpha value is -4.15. The van der Waals surface area contributed by atoms with Gasteiger partial charge in [-0.3, -0.25) is 4.79 Å². The zero-order valence-electron chi connectivity index (χ0n) is 24.2. The van der Waals surface area contributed by atoms with Gasteiger partial charge in [0.05, 0.1) is 18.3 Å². The average molecular weight is 597 g/mol. The molecule has 2 saturated heterocycles. The van der Waals surface area contributed by atoms with Crippen LogP contribution < -0.4 is 15.4 Å². The van der Waals surface area contributed by atoms with Crippen molar-refractivity contribution in [3.63, 3.8) is 0 Å². The minimum Gasteiger partial charge on any atom is -0.494 e. The third-order valence-corrected chi connectivity index (χ3v) is 9.89. The number of likely N-dealkylation sites (tertiary alicyclic amines) is 1. The summed E-state index contributed by atoms with van der Waals surface area (Å²) in [6, 6.07) is 13.8. The maximum atomic E-state index is 13.8.